The van der Waals surface area contributed by atoms with Crippen molar-refractivity contribution < 1.29 is 4.79 Å². The number of hydrogen-bond donors (Lipinski definition) is 2. The van der Waals surface area contributed by atoms with Crippen molar-refractivity contribution >= 4 is 5.91 Å². The Hall–Kier alpha value is -1.39. The summed E-state index contributed by atoms with van der Waals surface area (Å²) in [7, 11) is 2.19. The minimum absolute atomic E-state index is 0.366. The van der Waals surface area contributed by atoms with Crippen molar-refractivity contribution in [3.63, 3.8) is 0 Å². The molecule has 19 heavy (non-hydrogen) atoms. The Morgan fingerprint density at radius 3 is 2.89 bits per heavy atom. The van der Waals surface area contributed by atoms with Crippen molar-refractivity contribution in [2.24, 2.45) is 5.73 Å². The number of nitrogens with zero attached hydrogens (tertiary/aromatic N) is 1. The number of aryl methyl sites for hydroxylation is 1. The van der Waals surface area contributed by atoms with E-state index in [1.165, 1.54) is 24.9 Å². The van der Waals surface area contributed by atoms with Gasteiger partial charge in [-0.15, -0.1) is 0 Å². The molecule has 1 heterocycles. The van der Waals surface area contributed by atoms with Gasteiger partial charge in [0.25, 0.3) is 0 Å². The van der Waals surface area contributed by atoms with E-state index in [1.807, 2.05) is 19.1 Å². The molecule has 1 aromatic carbocycles. The van der Waals surface area contributed by atoms with Crippen LogP contribution in [-0.4, -0.2) is 37.0 Å². The van der Waals surface area contributed by atoms with Crippen molar-refractivity contribution in [3.8, 4) is 0 Å². The van der Waals surface area contributed by atoms with Crippen LogP contribution in [-0.2, 0) is 6.54 Å². The van der Waals surface area contributed by atoms with Gasteiger partial charge in [0.2, 0.25) is 5.91 Å². The lowest BCUT2D eigenvalue weighted by molar-refractivity contribution is 0.1000. The first-order valence-corrected chi connectivity index (χ1v) is 6.88. The molecule has 0 saturated carbocycles. The third-order valence-corrected chi connectivity index (χ3v) is 3.99. The molecule has 1 fully saturated rings. The normalized spacial score (nSPS) is 19.8. The molecule has 104 valence electrons. The van der Waals surface area contributed by atoms with Gasteiger partial charge in [-0.05, 0) is 56.6 Å². The van der Waals surface area contributed by atoms with Crippen LogP contribution in [0.15, 0.2) is 18.2 Å². The second-order valence-electron chi connectivity index (χ2n) is 5.41. The van der Waals surface area contributed by atoms with Crippen LogP contribution in [0.3, 0.4) is 0 Å². The SMILES string of the molecule is Cc1cc(C(N)=O)ccc1CNCC1CCCN1C. The highest BCUT2D eigenvalue weighted by atomic mass is 16.1. The molecule has 3 N–H and O–H groups in total. The molecular weight excluding hydrogens is 238 g/mol. The monoisotopic (exact) mass is 261 g/mol. The number of benzene rings is 1. The van der Waals surface area contributed by atoms with Crippen LogP contribution in [0.4, 0.5) is 0 Å². The van der Waals surface area contributed by atoms with Gasteiger partial charge in [0.15, 0.2) is 0 Å². The van der Waals surface area contributed by atoms with Crippen LogP contribution in [0.2, 0.25) is 0 Å². The van der Waals surface area contributed by atoms with Crippen LogP contribution in [0, 0.1) is 6.92 Å². The molecule has 0 bridgehead atoms. The quantitative estimate of drug-likeness (QED) is 0.839. The van der Waals surface area contributed by atoms with Gasteiger partial charge < -0.3 is 16.0 Å². The minimum atomic E-state index is -0.366. The van der Waals surface area contributed by atoms with Crippen LogP contribution in [0.5, 0.6) is 0 Å². The predicted octanol–water partition coefficient (Wildman–Crippen LogP) is 1.28. The maximum Gasteiger partial charge on any atom is 0.248 e. The van der Waals surface area contributed by atoms with Crippen molar-refractivity contribution in [2.45, 2.75) is 32.4 Å². The van der Waals surface area contributed by atoms with E-state index >= 15 is 0 Å². The van der Waals surface area contributed by atoms with Crippen molar-refractivity contribution in [1.82, 2.24) is 10.2 Å². The predicted molar refractivity (Wildman–Crippen MR) is 77.1 cm³/mol. The van der Waals surface area contributed by atoms with E-state index < -0.39 is 0 Å². The first-order valence-electron chi connectivity index (χ1n) is 6.88. The maximum absolute atomic E-state index is 11.1. The molecule has 2 rings (SSSR count). The molecule has 1 aromatic rings. The zero-order chi connectivity index (χ0) is 13.8. The summed E-state index contributed by atoms with van der Waals surface area (Å²) in [6.45, 7) is 5.09. The van der Waals surface area contributed by atoms with Gasteiger partial charge in [-0.25, -0.2) is 0 Å². The number of likely N-dealkylation sites (tertiary alicyclic amines) is 1. The zero-order valence-corrected chi connectivity index (χ0v) is 11.8. The van der Waals surface area contributed by atoms with E-state index in [0.29, 0.717) is 11.6 Å². The Kier molecular flexibility index (Phi) is 4.56. The summed E-state index contributed by atoms with van der Waals surface area (Å²) >= 11 is 0. The molecule has 0 aliphatic carbocycles. The molecule has 4 nitrogen and oxygen atoms in total. The van der Waals surface area contributed by atoms with Crippen molar-refractivity contribution in [1.29, 1.82) is 0 Å². The summed E-state index contributed by atoms with van der Waals surface area (Å²) in [6.07, 6.45) is 2.58. The van der Waals surface area contributed by atoms with Crippen LogP contribution >= 0.6 is 0 Å². The van der Waals surface area contributed by atoms with Crippen LogP contribution < -0.4 is 11.1 Å². The van der Waals surface area contributed by atoms with Gasteiger partial charge in [-0.3, -0.25) is 4.79 Å². The van der Waals surface area contributed by atoms with Gasteiger partial charge in [0.1, 0.15) is 0 Å². The highest BCUT2D eigenvalue weighted by Gasteiger charge is 2.19. The number of likely N-dealkylation sites (N-methyl/N-ethyl adjacent to an activating group) is 1. The summed E-state index contributed by atoms with van der Waals surface area (Å²) in [5, 5.41) is 3.51. The number of rotatable bonds is 5. The van der Waals surface area contributed by atoms with E-state index in [-0.39, 0.29) is 5.91 Å². The summed E-state index contributed by atoms with van der Waals surface area (Å²) in [6, 6.07) is 6.31. The largest absolute Gasteiger partial charge is 0.366 e. The summed E-state index contributed by atoms with van der Waals surface area (Å²) in [4.78, 5) is 13.5. The third-order valence-electron chi connectivity index (χ3n) is 3.99. The molecule has 1 amide bonds. The van der Waals surface area contributed by atoms with E-state index in [4.69, 9.17) is 5.73 Å². The maximum atomic E-state index is 11.1. The molecular formula is C15H23N3O. The molecule has 1 unspecified atom stereocenters. The summed E-state index contributed by atoms with van der Waals surface area (Å²) < 4.78 is 0. The third kappa shape index (κ3) is 3.55. The smallest absolute Gasteiger partial charge is 0.248 e. The van der Waals surface area contributed by atoms with E-state index in [0.717, 1.165) is 18.7 Å². The number of carbonyl (C=O) groups excluding carboxylic acids is 1. The lowest BCUT2D eigenvalue weighted by atomic mass is 10.0. The van der Waals surface area contributed by atoms with Crippen molar-refractivity contribution in [2.75, 3.05) is 20.1 Å². The summed E-state index contributed by atoms with van der Waals surface area (Å²) in [5.41, 5.74) is 8.19. The number of primary amides is 1. The fourth-order valence-corrected chi connectivity index (χ4v) is 2.66. The van der Waals surface area contributed by atoms with Gasteiger partial charge in [-0.2, -0.15) is 0 Å². The molecule has 1 saturated heterocycles. The Labute approximate surface area is 115 Å². The molecule has 1 aliphatic rings. The molecule has 4 heteroatoms. The van der Waals surface area contributed by atoms with Crippen LogP contribution in [0.25, 0.3) is 0 Å². The highest BCUT2D eigenvalue weighted by Crippen LogP contribution is 2.14. The fourth-order valence-electron chi connectivity index (χ4n) is 2.66. The van der Waals surface area contributed by atoms with E-state index in [9.17, 15) is 4.79 Å². The molecule has 0 radical (unpaired) electrons. The number of amides is 1. The Bertz CT molecular complexity index is 459. The molecule has 0 spiro atoms. The zero-order valence-electron chi connectivity index (χ0n) is 11.8. The topological polar surface area (TPSA) is 58.4 Å². The molecule has 1 aliphatic heterocycles. The lowest BCUT2D eigenvalue weighted by Gasteiger charge is -2.20. The number of hydrogen-bond acceptors (Lipinski definition) is 3. The first kappa shape index (κ1) is 14.0. The molecule has 0 aromatic heterocycles. The first-order chi connectivity index (χ1) is 9.08. The number of nitrogens with one attached hydrogen (secondary N) is 1. The van der Waals surface area contributed by atoms with Crippen molar-refractivity contribution in [3.05, 3.63) is 34.9 Å². The second kappa shape index (κ2) is 6.17. The Morgan fingerprint density at radius 2 is 2.32 bits per heavy atom. The van der Waals surface area contributed by atoms with Crippen LogP contribution in [0.1, 0.15) is 34.3 Å². The van der Waals surface area contributed by atoms with Gasteiger partial charge >= 0.3 is 0 Å². The minimum Gasteiger partial charge on any atom is -0.366 e. The standard InChI is InChI=1S/C15H23N3O/c1-11-8-12(15(16)19)5-6-13(11)9-17-10-14-4-3-7-18(14)2/h5-6,8,14,17H,3-4,7,9-10H2,1-2H3,(H2,16,19). The number of carbonyl (C=O) groups is 1. The second-order valence-corrected chi connectivity index (χ2v) is 5.41. The fraction of sp³-hybridized carbons (Fsp3) is 0.533. The number of nitrogens with two attached hydrogens (primary N) is 1. The lowest BCUT2D eigenvalue weighted by Crippen LogP contribution is -2.35. The average molecular weight is 261 g/mol. The van der Waals surface area contributed by atoms with Gasteiger partial charge in [0, 0.05) is 24.7 Å². The van der Waals surface area contributed by atoms with E-state index in [1.54, 1.807) is 6.07 Å². The van der Waals surface area contributed by atoms with E-state index in [2.05, 4.69) is 17.3 Å². The van der Waals surface area contributed by atoms with Gasteiger partial charge in [0.05, 0.1) is 0 Å². The van der Waals surface area contributed by atoms with Gasteiger partial charge in [-0.1, -0.05) is 6.07 Å². The molecule has 1 atom stereocenters. The average Bonchev–Trinajstić information content (AvgIpc) is 2.77. The summed E-state index contributed by atoms with van der Waals surface area (Å²) in [5.74, 6) is -0.366. The Morgan fingerprint density at radius 1 is 1.53 bits per heavy atom. The Balaban J connectivity index is 1.87. The highest BCUT2D eigenvalue weighted by molar-refractivity contribution is 5.93.